The average Bonchev–Trinajstić information content (AvgIpc) is 2.92. The number of hydrogen-bond donors (Lipinski definition) is 1. The van der Waals surface area contributed by atoms with Crippen LogP contribution in [0.5, 0.6) is 0 Å². The molecule has 1 aromatic carbocycles. The van der Waals surface area contributed by atoms with Gasteiger partial charge >= 0.3 is 0 Å². The van der Waals surface area contributed by atoms with Crippen LogP contribution in [0.15, 0.2) is 30.3 Å². The lowest BCUT2D eigenvalue weighted by atomic mass is 9.85. The molecule has 1 aromatic rings. The van der Waals surface area contributed by atoms with Crippen molar-refractivity contribution >= 4 is 11.8 Å². The number of nitrogens with one attached hydrogen (secondary N) is 1. The Hall–Kier alpha value is -1.84. The van der Waals surface area contributed by atoms with Gasteiger partial charge in [0.1, 0.15) is 0 Å². The number of carbonyl (C=O) groups is 2. The van der Waals surface area contributed by atoms with Crippen molar-refractivity contribution in [1.82, 2.24) is 10.2 Å². The minimum atomic E-state index is -0.194. The predicted molar refractivity (Wildman–Crippen MR) is 89.5 cm³/mol. The molecule has 23 heavy (non-hydrogen) atoms. The van der Waals surface area contributed by atoms with Crippen molar-refractivity contribution in [3.05, 3.63) is 35.9 Å². The van der Waals surface area contributed by atoms with Gasteiger partial charge in [0, 0.05) is 25.6 Å². The molecule has 3 rings (SSSR count). The first-order valence-electron chi connectivity index (χ1n) is 8.75. The predicted octanol–water partition coefficient (Wildman–Crippen LogP) is 2.73. The molecule has 1 saturated carbocycles. The fourth-order valence-corrected chi connectivity index (χ4v) is 3.74. The molecule has 1 saturated heterocycles. The number of nitrogens with zero attached hydrogens (tertiary/aromatic N) is 1. The number of amides is 2. The van der Waals surface area contributed by atoms with Gasteiger partial charge in [0.05, 0.1) is 5.92 Å². The zero-order chi connectivity index (χ0) is 16.2. The van der Waals surface area contributed by atoms with Crippen LogP contribution in [0.1, 0.15) is 44.6 Å². The zero-order valence-electron chi connectivity index (χ0n) is 13.8. The van der Waals surface area contributed by atoms with E-state index in [1.807, 2.05) is 35.2 Å². The molecule has 4 heteroatoms. The van der Waals surface area contributed by atoms with Gasteiger partial charge in [-0.15, -0.1) is 0 Å². The molecule has 1 aliphatic carbocycles. The number of benzene rings is 1. The fraction of sp³-hybridized carbons (Fsp3) is 0.579. The second-order valence-corrected chi connectivity index (χ2v) is 7.04. The first kappa shape index (κ1) is 16.0. The first-order valence-corrected chi connectivity index (χ1v) is 8.75. The first-order chi connectivity index (χ1) is 11.1. The lowest BCUT2D eigenvalue weighted by molar-refractivity contribution is -0.129. The molecule has 2 amide bonds. The molecule has 3 atom stereocenters. The van der Waals surface area contributed by atoms with Crippen LogP contribution in [0.4, 0.5) is 0 Å². The molecule has 1 N–H and O–H groups in total. The summed E-state index contributed by atoms with van der Waals surface area (Å²) < 4.78 is 0. The minimum absolute atomic E-state index is 0.0626. The summed E-state index contributed by atoms with van der Waals surface area (Å²) in [5, 5.41) is 3.20. The van der Waals surface area contributed by atoms with Crippen LogP contribution >= 0.6 is 0 Å². The van der Waals surface area contributed by atoms with Gasteiger partial charge in [-0.2, -0.15) is 0 Å². The minimum Gasteiger partial charge on any atom is -0.353 e. The quantitative estimate of drug-likeness (QED) is 0.929. The van der Waals surface area contributed by atoms with E-state index in [4.69, 9.17) is 0 Å². The van der Waals surface area contributed by atoms with Crippen LogP contribution in [-0.2, 0) is 16.1 Å². The van der Waals surface area contributed by atoms with E-state index >= 15 is 0 Å². The Morgan fingerprint density at radius 3 is 2.70 bits per heavy atom. The van der Waals surface area contributed by atoms with E-state index in [2.05, 4.69) is 12.2 Å². The Bertz CT molecular complexity index is 558. The van der Waals surface area contributed by atoms with Crippen molar-refractivity contribution in [3.8, 4) is 0 Å². The van der Waals surface area contributed by atoms with E-state index in [0.717, 1.165) is 12.0 Å². The van der Waals surface area contributed by atoms with E-state index in [1.54, 1.807) is 0 Å². The number of rotatable bonds is 4. The van der Waals surface area contributed by atoms with Crippen molar-refractivity contribution in [2.45, 2.75) is 51.6 Å². The molecular formula is C19H26N2O2. The van der Waals surface area contributed by atoms with E-state index < -0.39 is 0 Å². The normalized spacial score (nSPS) is 28.0. The second-order valence-electron chi connectivity index (χ2n) is 7.04. The maximum absolute atomic E-state index is 12.5. The molecule has 124 valence electrons. The molecule has 4 nitrogen and oxygen atoms in total. The maximum atomic E-state index is 12.5. The topological polar surface area (TPSA) is 49.4 Å². The number of carbonyl (C=O) groups excluding carboxylic acids is 2. The summed E-state index contributed by atoms with van der Waals surface area (Å²) >= 11 is 0. The molecule has 0 radical (unpaired) electrons. The third-order valence-electron chi connectivity index (χ3n) is 5.24. The van der Waals surface area contributed by atoms with Crippen LogP contribution in [0, 0.1) is 11.8 Å². The standard InChI is InChI=1S/C19H26N2O2/c1-14-7-5-6-10-17(14)20-19(23)16-11-18(22)21(13-16)12-15-8-3-2-4-9-15/h2-4,8-9,14,16-17H,5-7,10-13H2,1H3,(H,20,23)/t14-,16+,17+/m0/s1. The lowest BCUT2D eigenvalue weighted by Gasteiger charge is -2.30. The summed E-state index contributed by atoms with van der Waals surface area (Å²) in [6.45, 7) is 3.36. The molecular weight excluding hydrogens is 288 g/mol. The number of hydrogen-bond acceptors (Lipinski definition) is 2. The van der Waals surface area contributed by atoms with Gasteiger partial charge < -0.3 is 10.2 Å². The number of likely N-dealkylation sites (tertiary alicyclic amines) is 1. The third kappa shape index (κ3) is 3.92. The molecule has 0 spiro atoms. The third-order valence-corrected chi connectivity index (χ3v) is 5.24. The molecule has 0 unspecified atom stereocenters. The van der Waals surface area contributed by atoms with Crippen molar-refractivity contribution in [1.29, 1.82) is 0 Å². The summed E-state index contributed by atoms with van der Waals surface area (Å²) in [4.78, 5) is 26.5. The highest BCUT2D eigenvalue weighted by Crippen LogP contribution is 2.25. The van der Waals surface area contributed by atoms with Crippen LogP contribution in [0.25, 0.3) is 0 Å². The Morgan fingerprint density at radius 1 is 1.22 bits per heavy atom. The van der Waals surface area contributed by atoms with Crippen LogP contribution in [0.2, 0.25) is 0 Å². The van der Waals surface area contributed by atoms with Crippen LogP contribution in [-0.4, -0.2) is 29.3 Å². The van der Waals surface area contributed by atoms with E-state index in [1.165, 1.54) is 19.3 Å². The molecule has 1 aliphatic heterocycles. The summed E-state index contributed by atoms with van der Waals surface area (Å²) in [5.41, 5.74) is 1.11. The molecule has 0 aromatic heterocycles. The highest BCUT2D eigenvalue weighted by molar-refractivity contribution is 5.89. The van der Waals surface area contributed by atoms with Gasteiger partial charge in [0.2, 0.25) is 11.8 Å². The highest BCUT2D eigenvalue weighted by atomic mass is 16.2. The molecule has 2 fully saturated rings. The monoisotopic (exact) mass is 314 g/mol. The Labute approximate surface area is 138 Å². The molecule has 0 bridgehead atoms. The Kier molecular flexibility index (Phi) is 4.99. The Morgan fingerprint density at radius 2 is 1.96 bits per heavy atom. The van der Waals surface area contributed by atoms with E-state index in [0.29, 0.717) is 25.4 Å². The van der Waals surface area contributed by atoms with Crippen molar-refractivity contribution in [2.24, 2.45) is 11.8 Å². The lowest BCUT2D eigenvalue weighted by Crippen LogP contribution is -2.44. The molecule has 2 aliphatic rings. The van der Waals surface area contributed by atoms with Crippen LogP contribution in [0.3, 0.4) is 0 Å². The SMILES string of the molecule is C[C@H]1CCCC[C@H]1NC(=O)[C@@H]1CC(=O)N(Cc2ccccc2)C1. The van der Waals surface area contributed by atoms with E-state index in [-0.39, 0.29) is 23.8 Å². The van der Waals surface area contributed by atoms with Crippen molar-refractivity contribution < 1.29 is 9.59 Å². The highest BCUT2D eigenvalue weighted by Gasteiger charge is 2.35. The largest absolute Gasteiger partial charge is 0.353 e. The van der Waals surface area contributed by atoms with Crippen molar-refractivity contribution in [3.63, 3.8) is 0 Å². The van der Waals surface area contributed by atoms with Crippen molar-refractivity contribution in [2.75, 3.05) is 6.54 Å². The molecule has 1 heterocycles. The summed E-state index contributed by atoms with van der Waals surface area (Å²) in [7, 11) is 0. The summed E-state index contributed by atoms with van der Waals surface area (Å²) in [6.07, 6.45) is 5.06. The zero-order valence-corrected chi connectivity index (χ0v) is 13.8. The Balaban J connectivity index is 1.55. The van der Waals surface area contributed by atoms with Crippen LogP contribution < -0.4 is 5.32 Å². The van der Waals surface area contributed by atoms with Gasteiger partial charge in [-0.05, 0) is 24.3 Å². The average molecular weight is 314 g/mol. The summed E-state index contributed by atoms with van der Waals surface area (Å²) in [6, 6.07) is 10.2. The van der Waals surface area contributed by atoms with Gasteiger partial charge in [-0.1, -0.05) is 50.1 Å². The van der Waals surface area contributed by atoms with Gasteiger partial charge in [0.15, 0.2) is 0 Å². The van der Waals surface area contributed by atoms with Gasteiger partial charge in [-0.25, -0.2) is 0 Å². The second kappa shape index (κ2) is 7.16. The van der Waals surface area contributed by atoms with E-state index in [9.17, 15) is 9.59 Å². The summed E-state index contributed by atoms with van der Waals surface area (Å²) in [5.74, 6) is 0.504. The van der Waals surface area contributed by atoms with Gasteiger partial charge in [0.25, 0.3) is 0 Å². The smallest absolute Gasteiger partial charge is 0.225 e. The maximum Gasteiger partial charge on any atom is 0.225 e. The van der Waals surface area contributed by atoms with Gasteiger partial charge in [-0.3, -0.25) is 9.59 Å². The fourth-order valence-electron chi connectivity index (χ4n) is 3.74.